The summed E-state index contributed by atoms with van der Waals surface area (Å²) in [6, 6.07) is 7.20. The molecule has 0 aliphatic carbocycles. The Morgan fingerprint density at radius 1 is 1.33 bits per heavy atom. The van der Waals surface area contributed by atoms with E-state index in [4.69, 9.17) is 21.1 Å². The highest BCUT2D eigenvalue weighted by molar-refractivity contribution is 6.31. The first-order valence-electron chi connectivity index (χ1n) is 6.79. The number of benzene rings is 1. The maximum atomic E-state index is 12.9. The fourth-order valence-electron chi connectivity index (χ4n) is 1.76. The van der Waals surface area contributed by atoms with Crippen molar-refractivity contribution in [2.45, 2.75) is 19.4 Å². The van der Waals surface area contributed by atoms with E-state index in [0.717, 1.165) is 12.3 Å². The number of carboxylic acids is 1. The van der Waals surface area contributed by atoms with E-state index in [0.29, 0.717) is 11.5 Å². The fraction of sp³-hybridized carbons (Fsp3) is 0.176. The quantitative estimate of drug-likeness (QED) is 0.829. The van der Waals surface area contributed by atoms with Crippen molar-refractivity contribution in [2.24, 2.45) is 0 Å². The molecule has 124 valence electrons. The Labute approximate surface area is 143 Å². The molecular formula is C17H13ClFNO4. The molecule has 5 nitrogen and oxygen atoms in total. The number of rotatable bonds is 5. The summed E-state index contributed by atoms with van der Waals surface area (Å²) < 4.78 is 23.8. The van der Waals surface area contributed by atoms with Crippen molar-refractivity contribution in [3.05, 3.63) is 47.4 Å². The molecule has 1 atom stereocenters. The lowest BCUT2D eigenvalue weighted by Gasteiger charge is -2.20. The number of pyridine rings is 1. The van der Waals surface area contributed by atoms with Gasteiger partial charge in [0, 0.05) is 0 Å². The number of hydrogen-bond acceptors (Lipinski definition) is 4. The van der Waals surface area contributed by atoms with Crippen LogP contribution in [0.15, 0.2) is 36.5 Å². The van der Waals surface area contributed by atoms with Crippen LogP contribution in [0.1, 0.15) is 13.8 Å². The largest absolute Gasteiger partial charge is 0.478 e. The van der Waals surface area contributed by atoms with E-state index in [1.807, 2.05) is 0 Å². The number of carbonyl (C=O) groups is 1. The van der Waals surface area contributed by atoms with Gasteiger partial charge in [-0.15, -0.1) is 5.92 Å². The van der Waals surface area contributed by atoms with Crippen molar-refractivity contribution < 1.29 is 23.8 Å². The first kappa shape index (κ1) is 17.6. The van der Waals surface area contributed by atoms with Gasteiger partial charge in [0.05, 0.1) is 6.20 Å². The Balaban J connectivity index is 2.15. The van der Waals surface area contributed by atoms with Crippen LogP contribution in [0, 0.1) is 17.7 Å². The average molecular weight is 350 g/mol. The molecule has 0 saturated carbocycles. The summed E-state index contributed by atoms with van der Waals surface area (Å²) in [4.78, 5) is 15.0. The summed E-state index contributed by atoms with van der Waals surface area (Å²) in [7, 11) is 0. The van der Waals surface area contributed by atoms with Gasteiger partial charge in [0.1, 0.15) is 22.3 Å². The van der Waals surface area contributed by atoms with Crippen LogP contribution in [0.3, 0.4) is 0 Å². The Morgan fingerprint density at radius 3 is 2.50 bits per heavy atom. The van der Waals surface area contributed by atoms with Crippen molar-refractivity contribution >= 4 is 17.6 Å². The van der Waals surface area contributed by atoms with Crippen molar-refractivity contribution in [3.8, 4) is 29.2 Å². The van der Waals surface area contributed by atoms with Crippen molar-refractivity contribution in [1.82, 2.24) is 4.98 Å². The maximum Gasteiger partial charge on any atom is 0.360 e. The minimum atomic E-state index is -1.65. The summed E-state index contributed by atoms with van der Waals surface area (Å²) in [5.74, 6) is 4.01. The highest BCUT2D eigenvalue weighted by Crippen LogP contribution is 2.29. The predicted molar refractivity (Wildman–Crippen MR) is 85.8 cm³/mol. The maximum absolute atomic E-state index is 12.9. The van der Waals surface area contributed by atoms with Crippen LogP contribution in [0.4, 0.5) is 4.39 Å². The van der Waals surface area contributed by atoms with Crippen LogP contribution in [0.5, 0.6) is 17.4 Å². The standard InChI is InChI=1S/C17H13ClFNO4/c1-3-8-17(2,16(21)22)24-13-6-4-12(5-7-13)23-15-14(18)9-11(19)10-20-15/h4-7,9-10H,1-2H3,(H,21,22). The summed E-state index contributed by atoms with van der Waals surface area (Å²) in [5, 5.41) is 9.26. The minimum absolute atomic E-state index is 0.0343. The predicted octanol–water partition coefficient (Wildman–Crippen LogP) is 3.91. The topological polar surface area (TPSA) is 68.7 Å². The smallest absolute Gasteiger partial charge is 0.360 e. The number of carboxylic acid groups (broad SMARTS) is 1. The molecule has 1 heterocycles. The third kappa shape index (κ3) is 4.15. The second kappa shape index (κ2) is 7.20. The molecule has 0 radical (unpaired) electrons. The van der Waals surface area contributed by atoms with Crippen LogP contribution in [-0.4, -0.2) is 21.7 Å². The molecule has 1 unspecified atom stereocenters. The zero-order chi connectivity index (χ0) is 17.7. The second-order valence-corrected chi connectivity index (χ2v) is 5.24. The first-order valence-corrected chi connectivity index (χ1v) is 7.17. The molecule has 2 rings (SSSR count). The monoisotopic (exact) mass is 349 g/mol. The van der Waals surface area contributed by atoms with Gasteiger partial charge in [0.25, 0.3) is 5.60 Å². The number of halogens is 2. The number of hydrogen-bond donors (Lipinski definition) is 1. The molecule has 0 fully saturated rings. The Morgan fingerprint density at radius 2 is 1.96 bits per heavy atom. The molecule has 0 amide bonds. The van der Waals surface area contributed by atoms with E-state index in [-0.39, 0.29) is 10.9 Å². The molecule has 7 heteroatoms. The number of ether oxygens (including phenoxy) is 2. The van der Waals surface area contributed by atoms with Crippen LogP contribution >= 0.6 is 11.6 Å². The van der Waals surface area contributed by atoms with Gasteiger partial charge in [0.15, 0.2) is 0 Å². The van der Waals surface area contributed by atoms with Gasteiger partial charge in [0.2, 0.25) is 5.88 Å². The van der Waals surface area contributed by atoms with Crippen LogP contribution in [-0.2, 0) is 4.79 Å². The molecule has 0 aliphatic heterocycles. The first-order chi connectivity index (χ1) is 11.3. The van der Waals surface area contributed by atoms with Crippen molar-refractivity contribution in [1.29, 1.82) is 0 Å². The van der Waals surface area contributed by atoms with E-state index in [9.17, 15) is 14.3 Å². The number of nitrogens with zero attached hydrogens (tertiary/aromatic N) is 1. The zero-order valence-electron chi connectivity index (χ0n) is 12.8. The van der Waals surface area contributed by atoms with Gasteiger partial charge in [-0.2, -0.15) is 0 Å². The van der Waals surface area contributed by atoms with E-state index < -0.39 is 17.4 Å². The van der Waals surface area contributed by atoms with E-state index in [2.05, 4.69) is 16.8 Å². The zero-order valence-corrected chi connectivity index (χ0v) is 13.6. The second-order valence-electron chi connectivity index (χ2n) is 4.83. The lowest BCUT2D eigenvalue weighted by Crippen LogP contribution is -2.39. The molecule has 1 aromatic carbocycles. The molecule has 0 bridgehead atoms. The lowest BCUT2D eigenvalue weighted by molar-refractivity contribution is -0.149. The van der Waals surface area contributed by atoms with E-state index in [1.54, 1.807) is 12.1 Å². The highest BCUT2D eigenvalue weighted by Gasteiger charge is 2.33. The van der Waals surface area contributed by atoms with Crippen molar-refractivity contribution in [2.75, 3.05) is 0 Å². The van der Waals surface area contributed by atoms with Crippen LogP contribution in [0.2, 0.25) is 5.02 Å². The van der Waals surface area contributed by atoms with Crippen LogP contribution in [0.25, 0.3) is 0 Å². The third-order valence-corrected chi connectivity index (χ3v) is 3.18. The number of aromatic nitrogens is 1. The lowest BCUT2D eigenvalue weighted by atomic mass is 10.1. The molecule has 1 aromatic heterocycles. The third-order valence-electron chi connectivity index (χ3n) is 2.91. The van der Waals surface area contributed by atoms with Gasteiger partial charge >= 0.3 is 5.97 Å². The molecule has 24 heavy (non-hydrogen) atoms. The normalized spacial score (nSPS) is 12.5. The van der Waals surface area contributed by atoms with Crippen molar-refractivity contribution in [3.63, 3.8) is 0 Å². The summed E-state index contributed by atoms with van der Waals surface area (Å²) in [5.41, 5.74) is -1.65. The van der Waals surface area contributed by atoms with Crippen LogP contribution < -0.4 is 9.47 Å². The summed E-state index contributed by atoms with van der Waals surface area (Å²) in [6.07, 6.45) is 0.987. The molecule has 0 saturated heterocycles. The van der Waals surface area contributed by atoms with Gasteiger partial charge < -0.3 is 14.6 Å². The van der Waals surface area contributed by atoms with Gasteiger partial charge in [-0.05, 0) is 50.1 Å². The average Bonchev–Trinajstić information content (AvgIpc) is 2.52. The Hall–Kier alpha value is -2.78. The minimum Gasteiger partial charge on any atom is -0.478 e. The Kier molecular flexibility index (Phi) is 5.27. The van der Waals surface area contributed by atoms with Gasteiger partial charge in [-0.1, -0.05) is 11.6 Å². The SMILES string of the molecule is CC#CC(C)(Oc1ccc(Oc2ncc(F)cc2Cl)cc1)C(=O)O. The fourth-order valence-corrected chi connectivity index (χ4v) is 1.95. The number of aliphatic carboxylic acids is 1. The molecule has 0 aliphatic rings. The molecule has 1 N–H and O–H groups in total. The summed E-state index contributed by atoms with van der Waals surface area (Å²) >= 11 is 5.83. The van der Waals surface area contributed by atoms with Gasteiger partial charge in [-0.3, -0.25) is 0 Å². The van der Waals surface area contributed by atoms with E-state index in [1.165, 1.54) is 26.0 Å². The van der Waals surface area contributed by atoms with Gasteiger partial charge in [-0.25, -0.2) is 14.2 Å². The van der Waals surface area contributed by atoms with E-state index >= 15 is 0 Å². The highest BCUT2D eigenvalue weighted by atomic mass is 35.5. The molecule has 2 aromatic rings. The molecular weight excluding hydrogens is 337 g/mol. The Bertz CT molecular complexity index is 814. The molecule has 0 spiro atoms. The summed E-state index contributed by atoms with van der Waals surface area (Å²) in [6.45, 7) is 2.89.